The number of nitrogens with one attached hydrogen (secondary N) is 2. The summed E-state index contributed by atoms with van der Waals surface area (Å²) in [6, 6.07) is 4.70. The number of carbonyl (C=O) groups is 1. The third-order valence-corrected chi connectivity index (χ3v) is 3.35. The summed E-state index contributed by atoms with van der Waals surface area (Å²) in [5.41, 5.74) is 2.14. The van der Waals surface area contributed by atoms with Crippen molar-refractivity contribution in [2.75, 3.05) is 5.32 Å². The molecule has 8 heteroatoms. The number of hydrogen-bond donors (Lipinski definition) is 3. The lowest BCUT2D eigenvalue weighted by molar-refractivity contribution is 0.0697. The molecule has 0 bridgehead atoms. The van der Waals surface area contributed by atoms with Crippen molar-refractivity contribution in [3.05, 3.63) is 40.9 Å². The number of aromatic nitrogens is 4. The lowest BCUT2D eigenvalue weighted by Gasteiger charge is -2.08. The van der Waals surface area contributed by atoms with E-state index in [-0.39, 0.29) is 5.56 Å². The largest absolute Gasteiger partial charge is 0.478 e. The van der Waals surface area contributed by atoms with E-state index in [1.165, 1.54) is 24.8 Å². The van der Waals surface area contributed by atoms with E-state index in [1.54, 1.807) is 6.07 Å². The molecule has 0 fully saturated rings. The third-order valence-electron chi connectivity index (χ3n) is 2.69. The van der Waals surface area contributed by atoms with Crippen LogP contribution in [-0.4, -0.2) is 31.0 Å². The van der Waals surface area contributed by atoms with Gasteiger partial charge in [0.25, 0.3) is 0 Å². The molecule has 0 unspecified atom stereocenters. The van der Waals surface area contributed by atoms with Gasteiger partial charge in [-0.05, 0) is 34.1 Å². The molecule has 20 heavy (non-hydrogen) atoms. The Balaban J connectivity index is 1.99. The number of nitrogens with zero attached hydrogens (tertiary/aromatic N) is 3. The predicted octanol–water partition coefficient (Wildman–Crippen LogP) is 2.56. The summed E-state index contributed by atoms with van der Waals surface area (Å²) in [6.07, 6.45) is 2.94. The molecule has 0 radical (unpaired) electrons. The van der Waals surface area contributed by atoms with Gasteiger partial charge in [-0.15, -0.1) is 0 Å². The molecule has 0 aliphatic heterocycles. The summed E-state index contributed by atoms with van der Waals surface area (Å²) >= 11 is 3.33. The van der Waals surface area contributed by atoms with E-state index < -0.39 is 5.97 Å². The molecule has 3 rings (SSSR count). The molecule has 0 saturated carbocycles. The molecule has 2 aromatic heterocycles. The molecular formula is C12H8BrN5O2. The number of anilines is 2. The number of imidazole rings is 1. The zero-order chi connectivity index (χ0) is 14.1. The predicted molar refractivity (Wildman–Crippen MR) is 76.1 cm³/mol. The highest BCUT2D eigenvalue weighted by Crippen LogP contribution is 2.28. The highest BCUT2D eigenvalue weighted by Gasteiger charge is 2.10. The molecule has 100 valence electrons. The molecule has 0 amide bonds. The molecule has 0 saturated heterocycles. The van der Waals surface area contributed by atoms with Gasteiger partial charge in [0.05, 0.1) is 17.6 Å². The van der Waals surface area contributed by atoms with Crippen molar-refractivity contribution in [2.45, 2.75) is 0 Å². The second-order valence-electron chi connectivity index (χ2n) is 3.95. The maximum absolute atomic E-state index is 10.9. The van der Waals surface area contributed by atoms with E-state index in [0.717, 1.165) is 0 Å². The monoisotopic (exact) mass is 333 g/mol. The maximum atomic E-state index is 10.9. The van der Waals surface area contributed by atoms with E-state index in [4.69, 9.17) is 5.11 Å². The van der Waals surface area contributed by atoms with E-state index in [0.29, 0.717) is 27.1 Å². The number of aromatic amines is 1. The van der Waals surface area contributed by atoms with Gasteiger partial charge in [0.1, 0.15) is 11.8 Å². The molecule has 3 N–H and O–H groups in total. The first-order chi connectivity index (χ1) is 9.65. The van der Waals surface area contributed by atoms with Crippen molar-refractivity contribution >= 4 is 44.6 Å². The van der Waals surface area contributed by atoms with Crippen LogP contribution in [0.2, 0.25) is 0 Å². The van der Waals surface area contributed by atoms with Crippen LogP contribution in [0.5, 0.6) is 0 Å². The summed E-state index contributed by atoms with van der Waals surface area (Å²) in [6.45, 7) is 0. The fourth-order valence-corrected chi connectivity index (χ4v) is 2.21. The third kappa shape index (κ3) is 2.21. The van der Waals surface area contributed by atoms with Gasteiger partial charge in [0, 0.05) is 4.47 Å². The summed E-state index contributed by atoms with van der Waals surface area (Å²) in [5.74, 6) is -0.411. The number of halogens is 1. The highest BCUT2D eigenvalue weighted by atomic mass is 79.9. The second-order valence-corrected chi connectivity index (χ2v) is 4.80. The number of benzene rings is 1. The first kappa shape index (κ1) is 12.5. The van der Waals surface area contributed by atoms with Crippen LogP contribution < -0.4 is 5.32 Å². The minimum atomic E-state index is -0.977. The Kier molecular flexibility index (Phi) is 3.07. The molecule has 0 atom stereocenters. The van der Waals surface area contributed by atoms with Crippen LogP contribution in [0.25, 0.3) is 11.2 Å². The van der Waals surface area contributed by atoms with Gasteiger partial charge >= 0.3 is 5.97 Å². The van der Waals surface area contributed by atoms with E-state index in [2.05, 4.69) is 41.2 Å². The van der Waals surface area contributed by atoms with Crippen molar-refractivity contribution in [1.29, 1.82) is 0 Å². The second kappa shape index (κ2) is 4.89. The minimum Gasteiger partial charge on any atom is -0.478 e. The highest BCUT2D eigenvalue weighted by molar-refractivity contribution is 9.10. The number of H-pyrrole nitrogens is 1. The SMILES string of the molecule is O=C(O)c1ccc(Nc2ncnc3nc[nH]c23)c(Br)c1. The summed E-state index contributed by atoms with van der Waals surface area (Å²) in [4.78, 5) is 26.0. The number of hydrogen-bond acceptors (Lipinski definition) is 5. The zero-order valence-corrected chi connectivity index (χ0v) is 11.5. The summed E-state index contributed by atoms with van der Waals surface area (Å²) < 4.78 is 0.628. The number of aromatic carboxylic acids is 1. The van der Waals surface area contributed by atoms with Gasteiger partial charge < -0.3 is 15.4 Å². The first-order valence-electron chi connectivity index (χ1n) is 5.59. The Labute approximate surface area is 121 Å². The molecule has 0 aliphatic carbocycles. The molecule has 7 nitrogen and oxygen atoms in total. The quantitative estimate of drug-likeness (QED) is 0.680. The van der Waals surface area contributed by atoms with Crippen LogP contribution in [0.1, 0.15) is 10.4 Å². The van der Waals surface area contributed by atoms with Crippen molar-refractivity contribution < 1.29 is 9.90 Å². The van der Waals surface area contributed by atoms with Gasteiger partial charge in [-0.3, -0.25) is 0 Å². The Morgan fingerprint density at radius 1 is 1.30 bits per heavy atom. The molecule has 1 aromatic carbocycles. The standard InChI is InChI=1S/C12H8BrN5O2/c13-7-3-6(12(19)20)1-2-8(7)18-11-9-10(15-4-14-9)16-5-17-11/h1-5H,(H,19,20)(H2,14,15,16,17,18). The van der Waals surface area contributed by atoms with Crippen molar-refractivity contribution in [3.63, 3.8) is 0 Å². The number of carboxylic acids is 1. The Bertz CT molecular complexity index is 801. The van der Waals surface area contributed by atoms with Crippen molar-refractivity contribution in [1.82, 2.24) is 19.9 Å². The topological polar surface area (TPSA) is 104 Å². The first-order valence-corrected chi connectivity index (χ1v) is 6.38. The van der Waals surface area contributed by atoms with Crippen LogP contribution in [0.15, 0.2) is 35.3 Å². The minimum absolute atomic E-state index is 0.205. The maximum Gasteiger partial charge on any atom is 0.335 e. The van der Waals surface area contributed by atoms with Crippen LogP contribution in [-0.2, 0) is 0 Å². The Hall–Kier alpha value is -2.48. The molecule has 0 aliphatic rings. The average molecular weight is 334 g/mol. The van der Waals surface area contributed by atoms with Crippen LogP contribution in [0.3, 0.4) is 0 Å². The van der Waals surface area contributed by atoms with Gasteiger partial charge in [0.2, 0.25) is 0 Å². The van der Waals surface area contributed by atoms with E-state index in [1.807, 2.05) is 0 Å². The summed E-state index contributed by atoms with van der Waals surface area (Å²) in [7, 11) is 0. The molecular weight excluding hydrogens is 326 g/mol. The zero-order valence-electron chi connectivity index (χ0n) is 9.96. The normalized spacial score (nSPS) is 10.7. The smallest absolute Gasteiger partial charge is 0.335 e. The van der Waals surface area contributed by atoms with Crippen molar-refractivity contribution in [2.24, 2.45) is 0 Å². The molecule has 2 heterocycles. The van der Waals surface area contributed by atoms with Crippen LogP contribution in [0.4, 0.5) is 11.5 Å². The molecule has 0 spiro atoms. The number of rotatable bonds is 3. The molecule has 3 aromatic rings. The van der Waals surface area contributed by atoms with Gasteiger partial charge in [-0.2, -0.15) is 0 Å². The number of fused-ring (bicyclic) bond motifs is 1. The van der Waals surface area contributed by atoms with Gasteiger partial charge in [-0.1, -0.05) is 0 Å². The fraction of sp³-hybridized carbons (Fsp3) is 0. The van der Waals surface area contributed by atoms with Crippen molar-refractivity contribution in [3.8, 4) is 0 Å². The lowest BCUT2D eigenvalue weighted by Crippen LogP contribution is -1.99. The Morgan fingerprint density at radius 2 is 2.15 bits per heavy atom. The van der Waals surface area contributed by atoms with E-state index in [9.17, 15) is 4.79 Å². The van der Waals surface area contributed by atoms with Gasteiger partial charge in [0.15, 0.2) is 11.5 Å². The van der Waals surface area contributed by atoms with Crippen LogP contribution in [0, 0.1) is 0 Å². The summed E-state index contributed by atoms with van der Waals surface area (Å²) in [5, 5.41) is 12.0. The average Bonchev–Trinajstić information content (AvgIpc) is 2.90. The van der Waals surface area contributed by atoms with E-state index >= 15 is 0 Å². The number of carboxylic acid groups (broad SMARTS) is 1. The fourth-order valence-electron chi connectivity index (χ4n) is 1.74. The lowest BCUT2D eigenvalue weighted by atomic mass is 10.2. The van der Waals surface area contributed by atoms with Crippen LogP contribution >= 0.6 is 15.9 Å². The Morgan fingerprint density at radius 3 is 2.90 bits per heavy atom. The van der Waals surface area contributed by atoms with Gasteiger partial charge in [-0.25, -0.2) is 19.7 Å².